The van der Waals surface area contributed by atoms with E-state index >= 15 is 0 Å². The van der Waals surface area contributed by atoms with Crippen LogP contribution in [-0.2, 0) is 9.53 Å². The molecule has 2 N–H and O–H groups in total. The van der Waals surface area contributed by atoms with Gasteiger partial charge in [-0.2, -0.15) is 0 Å². The Morgan fingerprint density at radius 3 is 2.67 bits per heavy atom. The largest absolute Gasteiger partial charge is 0.478 e. The number of carboxylic acid groups (broad SMARTS) is 1. The molecule has 1 aromatic rings. The van der Waals surface area contributed by atoms with E-state index in [1.165, 1.54) is 6.08 Å². The van der Waals surface area contributed by atoms with Gasteiger partial charge in [-0.15, -0.1) is 0 Å². The number of carboxylic acids is 1. The number of benzene rings is 1. The van der Waals surface area contributed by atoms with Crippen molar-refractivity contribution in [3.8, 4) is 0 Å². The normalized spacial score (nSPS) is 15.2. The lowest BCUT2D eigenvalue weighted by Crippen LogP contribution is -2.43. The maximum Gasteiger partial charge on any atom is 0.328 e. The third kappa shape index (κ3) is 4.32. The standard InChI is InChI=1S/C15H18N2O4/c1-11-10-13(4-2-12(11)3-5-14(18)19)16-15(20)17-6-8-21-9-7-17/h2-5,10H,6-9H2,1H3,(H,16,20)(H,18,19). The third-order valence-electron chi connectivity index (χ3n) is 3.22. The molecule has 2 rings (SSSR count). The molecule has 0 atom stereocenters. The number of nitrogens with one attached hydrogen (secondary N) is 1. The van der Waals surface area contributed by atoms with Gasteiger partial charge in [-0.05, 0) is 36.3 Å². The van der Waals surface area contributed by atoms with Crippen LogP contribution in [0.15, 0.2) is 24.3 Å². The van der Waals surface area contributed by atoms with E-state index in [1.54, 1.807) is 17.0 Å². The maximum absolute atomic E-state index is 12.0. The predicted octanol–water partition coefficient (Wildman–Crippen LogP) is 1.96. The second-order valence-corrected chi connectivity index (χ2v) is 4.77. The fourth-order valence-electron chi connectivity index (χ4n) is 2.07. The molecule has 0 saturated carbocycles. The molecule has 1 saturated heterocycles. The van der Waals surface area contributed by atoms with Crippen LogP contribution in [0.5, 0.6) is 0 Å². The summed E-state index contributed by atoms with van der Waals surface area (Å²) in [4.78, 5) is 24.3. The molecule has 0 unspecified atom stereocenters. The lowest BCUT2D eigenvalue weighted by Gasteiger charge is -2.27. The first-order valence-corrected chi connectivity index (χ1v) is 6.71. The number of anilines is 1. The molecular weight excluding hydrogens is 272 g/mol. The zero-order chi connectivity index (χ0) is 15.2. The van der Waals surface area contributed by atoms with Crippen LogP contribution in [0.1, 0.15) is 11.1 Å². The first-order valence-electron chi connectivity index (χ1n) is 6.71. The summed E-state index contributed by atoms with van der Waals surface area (Å²) in [6.07, 6.45) is 2.62. The summed E-state index contributed by atoms with van der Waals surface area (Å²) in [5, 5.41) is 11.5. The van der Waals surface area contributed by atoms with Crippen LogP contribution in [0.4, 0.5) is 10.5 Å². The number of aryl methyl sites for hydroxylation is 1. The van der Waals surface area contributed by atoms with Crippen molar-refractivity contribution in [3.05, 3.63) is 35.4 Å². The number of amides is 2. The van der Waals surface area contributed by atoms with Crippen LogP contribution in [0.2, 0.25) is 0 Å². The molecule has 0 spiro atoms. The Labute approximate surface area is 123 Å². The number of carbonyl (C=O) groups excluding carboxylic acids is 1. The molecule has 1 aliphatic rings. The predicted molar refractivity (Wildman–Crippen MR) is 79.3 cm³/mol. The zero-order valence-electron chi connectivity index (χ0n) is 11.8. The van der Waals surface area contributed by atoms with E-state index < -0.39 is 5.97 Å². The van der Waals surface area contributed by atoms with Crippen molar-refractivity contribution in [2.45, 2.75) is 6.92 Å². The average Bonchev–Trinajstić information content (AvgIpc) is 2.47. The molecule has 0 bridgehead atoms. The Morgan fingerprint density at radius 2 is 2.05 bits per heavy atom. The molecule has 2 amide bonds. The maximum atomic E-state index is 12.0. The summed E-state index contributed by atoms with van der Waals surface area (Å²) in [7, 11) is 0. The summed E-state index contributed by atoms with van der Waals surface area (Å²) in [6.45, 7) is 4.16. The van der Waals surface area contributed by atoms with Crippen LogP contribution in [0.25, 0.3) is 6.08 Å². The molecule has 1 fully saturated rings. The lowest BCUT2D eigenvalue weighted by atomic mass is 10.1. The van der Waals surface area contributed by atoms with Crippen LogP contribution >= 0.6 is 0 Å². The van der Waals surface area contributed by atoms with Crippen molar-refractivity contribution in [3.63, 3.8) is 0 Å². The highest BCUT2D eigenvalue weighted by molar-refractivity contribution is 5.90. The van der Waals surface area contributed by atoms with Gasteiger partial charge in [-0.3, -0.25) is 0 Å². The Balaban J connectivity index is 2.02. The number of ether oxygens (including phenoxy) is 1. The Kier molecular flexibility index (Phi) is 4.94. The molecule has 6 heteroatoms. The summed E-state index contributed by atoms with van der Waals surface area (Å²) in [6, 6.07) is 5.21. The second-order valence-electron chi connectivity index (χ2n) is 4.77. The van der Waals surface area contributed by atoms with E-state index in [1.807, 2.05) is 13.0 Å². The summed E-state index contributed by atoms with van der Waals surface area (Å²) < 4.78 is 5.20. The number of hydrogen-bond acceptors (Lipinski definition) is 3. The van der Waals surface area contributed by atoms with Gasteiger partial charge in [-0.1, -0.05) is 6.07 Å². The minimum Gasteiger partial charge on any atom is -0.478 e. The van der Waals surface area contributed by atoms with Crippen molar-refractivity contribution in [1.82, 2.24) is 4.90 Å². The molecule has 1 aliphatic heterocycles. The quantitative estimate of drug-likeness (QED) is 0.834. The molecule has 1 heterocycles. The van der Waals surface area contributed by atoms with Gasteiger partial charge in [0.05, 0.1) is 13.2 Å². The van der Waals surface area contributed by atoms with Gasteiger partial charge >= 0.3 is 12.0 Å². The van der Waals surface area contributed by atoms with E-state index in [0.717, 1.165) is 17.2 Å². The van der Waals surface area contributed by atoms with Crippen molar-refractivity contribution >= 4 is 23.8 Å². The monoisotopic (exact) mass is 290 g/mol. The number of rotatable bonds is 3. The minimum atomic E-state index is -0.987. The van der Waals surface area contributed by atoms with Crippen LogP contribution in [0.3, 0.4) is 0 Å². The highest BCUT2D eigenvalue weighted by Crippen LogP contribution is 2.17. The summed E-state index contributed by atoms with van der Waals surface area (Å²) in [5.74, 6) is -0.987. The van der Waals surface area contributed by atoms with E-state index in [0.29, 0.717) is 32.0 Å². The number of urea groups is 1. The van der Waals surface area contributed by atoms with Crippen molar-refractivity contribution in [1.29, 1.82) is 0 Å². The number of hydrogen-bond donors (Lipinski definition) is 2. The zero-order valence-corrected chi connectivity index (χ0v) is 11.8. The molecule has 6 nitrogen and oxygen atoms in total. The Bertz CT molecular complexity index is 563. The van der Waals surface area contributed by atoms with Gasteiger partial charge in [0.25, 0.3) is 0 Å². The van der Waals surface area contributed by atoms with Crippen molar-refractivity contribution in [2.24, 2.45) is 0 Å². The van der Waals surface area contributed by atoms with Gasteiger partial charge < -0.3 is 20.1 Å². The van der Waals surface area contributed by atoms with Crippen molar-refractivity contribution < 1.29 is 19.4 Å². The molecule has 0 aliphatic carbocycles. The van der Waals surface area contributed by atoms with Crippen molar-refractivity contribution in [2.75, 3.05) is 31.6 Å². The Hall–Kier alpha value is -2.34. The fraction of sp³-hybridized carbons (Fsp3) is 0.333. The third-order valence-corrected chi connectivity index (χ3v) is 3.22. The van der Waals surface area contributed by atoms with Gasteiger partial charge in [-0.25, -0.2) is 9.59 Å². The summed E-state index contributed by atoms with van der Waals surface area (Å²) in [5.41, 5.74) is 2.39. The number of morpholine rings is 1. The first kappa shape index (κ1) is 15.1. The lowest BCUT2D eigenvalue weighted by molar-refractivity contribution is -0.131. The molecule has 0 aromatic heterocycles. The van der Waals surface area contributed by atoms with Gasteiger partial charge in [0.15, 0.2) is 0 Å². The van der Waals surface area contributed by atoms with E-state index in [-0.39, 0.29) is 6.03 Å². The molecular formula is C15H18N2O4. The number of carbonyl (C=O) groups is 2. The SMILES string of the molecule is Cc1cc(NC(=O)N2CCOCC2)ccc1C=CC(=O)O. The molecule has 0 radical (unpaired) electrons. The topological polar surface area (TPSA) is 78.9 Å². The van der Waals surface area contributed by atoms with Crippen LogP contribution < -0.4 is 5.32 Å². The average molecular weight is 290 g/mol. The molecule has 112 valence electrons. The van der Waals surface area contributed by atoms with Crippen LogP contribution in [0, 0.1) is 6.92 Å². The highest BCUT2D eigenvalue weighted by atomic mass is 16.5. The second kappa shape index (κ2) is 6.90. The van der Waals surface area contributed by atoms with E-state index in [9.17, 15) is 9.59 Å². The minimum absolute atomic E-state index is 0.147. The van der Waals surface area contributed by atoms with Gasteiger partial charge in [0.1, 0.15) is 0 Å². The first-order chi connectivity index (χ1) is 10.1. The van der Waals surface area contributed by atoms with E-state index in [2.05, 4.69) is 5.32 Å². The van der Waals surface area contributed by atoms with Gasteiger partial charge in [0, 0.05) is 24.9 Å². The molecule has 1 aromatic carbocycles. The number of nitrogens with zero attached hydrogens (tertiary/aromatic N) is 1. The van der Waals surface area contributed by atoms with Gasteiger partial charge in [0.2, 0.25) is 0 Å². The molecule has 21 heavy (non-hydrogen) atoms. The number of aliphatic carboxylic acids is 1. The van der Waals surface area contributed by atoms with E-state index in [4.69, 9.17) is 9.84 Å². The summed E-state index contributed by atoms with van der Waals surface area (Å²) >= 11 is 0. The Morgan fingerprint density at radius 1 is 1.33 bits per heavy atom. The fourth-order valence-corrected chi connectivity index (χ4v) is 2.07. The highest BCUT2D eigenvalue weighted by Gasteiger charge is 2.16. The smallest absolute Gasteiger partial charge is 0.328 e. The van der Waals surface area contributed by atoms with Crippen LogP contribution in [-0.4, -0.2) is 48.3 Å².